The van der Waals surface area contributed by atoms with Crippen LogP contribution in [-0.2, 0) is 0 Å². The van der Waals surface area contributed by atoms with Crippen molar-refractivity contribution in [1.29, 1.82) is 0 Å². The minimum atomic E-state index is 0.207. The lowest BCUT2D eigenvalue weighted by Gasteiger charge is -2.16. The number of hydrazone groups is 1. The minimum Gasteiger partial charge on any atom is -0.269 e. The van der Waals surface area contributed by atoms with Gasteiger partial charge in [0, 0.05) is 16.6 Å². The number of nitrogens with zero attached hydrogens (tertiary/aromatic N) is 2. The zero-order valence-electron chi connectivity index (χ0n) is 15.1. The molecule has 3 heteroatoms. The summed E-state index contributed by atoms with van der Waals surface area (Å²) in [6.45, 7) is 16.6. The second-order valence-electron chi connectivity index (χ2n) is 5.25. The van der Waals surface area contributed by atoms with Crippen LogP contribution in [0.5, 0.6) is 0 Å². The van der Waals surface area contributed by atoms with E-state index in [0.29, 0.717) is 0 Å². The van der Waals surface area contributed by atoms with E-state index < -0.39 is 0 Å². The van der Waals surface area contributed by atoms with Gasteiger partial charge in [-0.3, -0.25) is 5.01 Å². The molecule has 2 rings (SSSR count). The van der Waals surface area contributed by atoms with Crippen LogP contribution >= 0.6 is 11.6 Å². The molecule has 1 unspecified atom stereocenters. The van der Waals surface area contributed by atoms with Gasteiger partial charge in [0.05, 0.1) is 12.3 Å². The minimum absolute atomic E-state index is 0.207. The molecule has 1 aromatic carbocycles. The molecule has 1 aliphatic rings. The molecular formula is C21H27ClN2. The smallest absolute Gasteiger partial charge is 0.0774 e. The topological polar surface area (TPSA) is 15.6 Å². The maximum absolute atomic E-state index is 5.99. The van der Waals surface area contributed by atoms with Gasteiger partial charge < -0.3 is 0 Å². The summed E-state index contributed by atoms with van der Waals surface area (Å²) in [5.41, 5.74) is 4.29. The van der Waals surface area contributed by atoms with Crippen LogP contribution in [0.25, 0.3) is 0 Å². The third-order valence-corrected chi connectivity index (χ3v) is 3.91. The van der Waals surface area contributed by atoms with Crippen molar-refractivity contribution < 1.29 is 0 Å². The van der Waals surface area contributed by atoms with E-state index in [2.05, 4.69) is 25.3 Å². The van der Waals surface area contributed by atoms with Crippen molar-refractivity contribution in [3.8, 4) is 0 Å². The highest BCUT2D eigenvalue weighted by molar-refractivity contribution is 6.30. The van der Waals surface area contributed by atoms with E-state index in [1.54, 1.807) is 6.08 Å². The summed E-state index contributed by atoms with van der Waals surface area (Å²) in [6, 6.07) is 7.82. The van der Waals surface area contributed by atoms with Crippen LogP contribution in [0.4, 0.5) is 0 Å². The van der Waals surface area contributed by atoms with Gasteiger partial charge in [0.15, 0.2) is 0 Å². The number of hydrogen-bond acceptors (Lipinski definition) is 2. The molecule has 0 aliphatic carbocycles. The van der Waals surface area contributed by atoms with Crippen LogP contribution in [0.15, 0.2) is 78.1 Å². The predicted molar refractivity (Wildman–Crippen MR) is 107 cm³/mol. The summed E-state index contributed by atoms with van der Waals surface area (Å²) in [7, 11) is 0. The Kier molecular flexibility index (Phi) is 8.28. The lowest BCUT2D eigenvalue weighted by Crippen LogP contribution is -2.20. The first kappa shape index (κ1) is 20.0. The maximum Gasteiger partial charge on any atom is 0.0774 e. The molecule has 2 nitrogen and oxygen atoms in total. The average Bonchev–Trinajstić information content (AvgIpc) is 3.04. The van der Waals surface area contributed by atoms with Gasteiger partial charge in [-0.05, 0) is 37.1 Å². The molecule has 1 heterocycles. The van der Waals surface area contributed by atoms with Crippen molar-refractivity contribution in [3.63, 3.8) is 0 Å². The lowest BCUT2D eigenvalue weighted by molar-refractivity contribution is 0.385. The highest BCUT2D eigenvalue weighted by Crippen LogP contribution is 2.29. The van der Waals surface area contributed by atoms with Crippen LogP contribution in [0.2, 0.25) is 5.02 Å². The number of hydrogen-bond donors (Lipinski definition) is 0. The van der Waals surface area contributed by atoms with Crippen molar-refractivity contribution in [2.24, 2.45) is 11.0 Å². The van der Waals surface area contributed by atoms with Crippen molar-refractivity contribution in [2.45, 2.75) is 27.7 Å². The quantitative estimate of drug-likeness (QED) is 0.579. The molecule has 1 atom stereocenters. The second-order valence-corrected chi connectivity index (χ2v) is 5.68. The highest BCUT2D eigenvalue weighted by atomic mass is 35.5. The van der Waals surface area contributed by atoms with E-state index in [1.165, 1.54) is 5.57 Å². The largest absolute Gasteiger partial charge is 0.269 e. The van der Waals surface area contributed by atoms with Crippen molar-refractivity contribution in [3.05, 3.63) is 83.6 Å². The molecule has 0 spiro atoms. The standard InChI is InChI=1S/C19H21ClN2.C2H6/c1-5-7-8-15(6-2)18-13-22(14(3)4)21-19(18)16-9-11-17(20)12-10-16;1-2/h5-12,18H,1,3,13H2,2,4H3;1-2H3/b8-7-,15-6+;. The Hall–Kier alpha value is -2.06. The zero-order valence-corrected chi connectivity index (χ0v) is 15.8. The van der Waals surface area contributed by atoms with Crippen molar-refractivity contribution in [1.82, 2.24) is 5.01 Å². The van der Waals surface area contributed by atoms with Gasteiger partial charge in [0.1, 0.15) is 0 Å². The molecule has 0 radical (unpaired) electrons. The summed E-state index contributed by atoms with van der Waals surface area (Å²) in [5, 5.41) is 7.44. The Labute approximate surface area is 151 Å². The van der Waals surface area contributed by atoms with Gasteiger partial charge >= 0.3 is 0 Å². The van der Waals surface area contributed by atoms with Crippen LogP contribution in [0.1, 0.15) is 33.3 Å². The van der Waals surface area contributed by atoms with Crippen LogP contribution in [0.3, 0.4) is 0 Å². The maximum atomic E-state index is 5.99. The number of benzene rings is 1. The SMILES string of the molecule is C=C/C=C\C(=C/C)C1CN(C(=C)C)N=C1c1ccc(Cl)cc1.CC. The van der Waals surface area contributed by atoms with Crippen molar-refractivity contribution >= 4 is 17.3 Å². The van der Waals surface area contributed by atoms with E-state index in [-0.39, 0.29) is 5.92 Å². The first-order valence-electron chi connectivity index (χ1n) is 8.29. The lowest BCUT2D eigenvalue weighted by atomic mass is 9.89. The highest BCUT2D eigenvalue weighted by Gasteiger charge is 2.29. The molecule has 0 saturated carbocycles. The summed E-state index contributed by atoms with van der Waals surface area (Å²) in [5.74, 6) is 0.207. The van der Waals surface area contributed by atoms with Crippen molar-refractivity contribution in [2.75, 3.05) is 6.54 Å². The molecular weight excluding hydrogens is 316 g/mol. The predicted octanol–water partition coefficient (Wildman–Crippen LogP) is 6.22. The molecule has 0 aromatic heterocycles. The Morgan fingerprint density at radius 2 is 1.92 bits per heavy atom. The number of rotatable bonds is 5. The third kappa shape index (κ3) is 4.97. The molecule has 0 bridgehead atoms. The first-order chi connectivity index (χ1) is 11.6. The molecule has 128 valence electrons. The Morgan fingerprint density at radius 1 is 1.29 bits per heavy atom. The molecule has 1 aliphatic heterocycles. The molecule has 0 saturated heterocycles. The second kappa shape index (κ2) is 9.94. The Bertz CT molecular complexity index is 651. The Balaban J connectivity index is 0.00000139. The van der Waals surface area contributed by atoms with E-state index in [9.17, 15) is 0 Å². The van der Waals surface area contributed by atoms with Gasteiger partial charge in [-0.15, -0.1) is 0 Å². The van der Waals surface area contributed by atoms with Gasteiger partial charge in [-0.2, -0.15) is 5.10 Å². The summed E-state index contributed by atoms with van der Waals surface area (Å²) in [6.07, 6.45) is 7.95. The molecule has 24 heavy (non-hydrogen) atoms. The third-order valence-electron chi connectivity index (χ3n) is 3.66. The van der Waals surface area contributed by atoms with Crippen LogP contribution in [-0.4, -0.2) is 17.3 Å². The van der Waals surface area contributed by atoms with Gasteiger partial charge in [0.25, 0.3) is 0 Å². The molecule has 0 fully saturated rings. The summed E-state index contributed by atoms with van der Waals surface area (Å²) >= 11 is 5.99. The van der Waals surface area contributed by atoms with E-state index >= 15 is 0 Å². The summed E-state index contributed by atoms with van der Waals surface area (Å²) < 4.78 is 0. The first-order valence-corrected chi connectivity index (χ1v) is 8.67. The molecule has 1 aromatic rings. The van der Waals surface area contributed by atoms with Crippen LogP contribution in [0, 0.1) is 5.92 Å². The Morgan fingerprint density at radius 3 is 2.42 bits per heavy atom. The van der Waals surface area contributed by atoms with Crippen LogP contribution < -0.4 is 0 Å². The van der Waals surface area contributed by atoms with Gasteiger partial charge in [-0.25, -0.2) is 0 Å². The normalized spacial score (nSPS) is 17.4. The van der Waals surface area contributed by atoms with E-state index in [1.807, 2.05) is 63.0 Å². The summed E-state index contributed by atoms with van der Waals surface area (Å²) in [4.78, 5) is 0. The fourth-order valence-electron chi connectivity index (χ4n) is 2.48. The monoisotopic (exact) mass is 342 g/mol. The fraction of sp³-hybridized carbons (Fsp3) is 0.286. The fourth-order valence-corrected chi connectivity index (χ4v) is 2.60. The average molecular weight is 343 g/mol. The van der Waals surface area contributed by atoms with E-state index in [4.69, 9.17) is 16.7 Å². The number of allylic oxidation sites excluding steroid dienone is 5. The zero-order chi connectivity index (χ0) is 18.1. The van der Waals surface area contributed by atoms with E-state index in [0.717, 1.165) is 28.5 Å². The van der Waals surface area contributed by atoms with Gasteiger partial charge in [-0.1, -0.05) is 75.0 Å². The molecule has 0 N–H and O–H groups in total. The van der Waals surface area contributed by atoms with Gasteiger partial charge in [0.2, 0.25) is 0 Å². The number of halogens is 1. The molecule has 0 amide bonds.